The Morgan fingerprint density at radius 3 is 0.992 bits per heavy atom. The SMILES string of the molecule is CCCCCCCCO[C@@H]1O[C@H](CO[C@H]2O[C@H](CO[C@@H]3O[C@H](COCc4ccccc4)[C@@H](O[C@@H]4O[C@H](COC(C)=O)[C@H](OC(C)=O)[C@H](OC(C)=O)[C@H]4OC(C)=O)[C@H](OCc4ccccc4)[C@H]3N3C(=O)c4ccccc4C3=O)[C@@H](OCc3ccccc3)[C@H](OCc3ccccc3)[C@@H]2OCc2ccccc2)[C@@H](OCc2ccccc2)[C@H](OCc2ccccc2)[C@@H]1OCc1ccccc1. The van der Waals surface area contributed by atoms with Gasteiger partial charge in [0.1, 0.15) is 85.9 Å². The minimum Gasteiger partial charge on any atom is -0.463 e. The average molecular weight is 1800 g/mol. The number of amides is 2. The maximum absolute atomic E-state index is 15.9. The van der Waals surface area contributed by atoms with Crippen molar-refractivity contribution in [3.63, 3.8) is 0 Å². The van der Waals surface area contributed by atoms with Crippen LogP contribution in [0.15, 0.2) is 267 Å². The molecule has 694 valence electrons. The van der Waals surface area contributed by atoms with E-state index in [0.717, 1.165) is 110 Å². The van der Waals surface area contributed by atoms with Crippen LogP contribution >= 0.6 is 0 Å². The Bertz CT molecular complexity index is 4920. The van der Waals surface area contributed by atoms with Crippen LogP contribution in [0.2, 0.25) is 0 Å². The monoisotopic (exact) mass is 1800 g/mol. The number of esters is 4. The van der Waals surface area contributed by atoms with E-state index in [9.17, 15) is 19.2 Å². The number of fused-ring (bicyclic) bond motifs is 1. The lowest BCUT2D eigenvalue weighted by Crippen LogP contribution is -2.70. The van der Waals surface area contributed by atoms with Gasteiger partial charge in [0.15, 0.2) is 43.5 Å². The van der Waals surface area contributed by atoms with Gasteiger partial charge in [-0.3, -0.25) is 33.7 Å². The summed E-state index contributed by atoms with van der Waals surface area (Å²) in [6.45, 7) is 5.48. The number of imide groups is 1. The molecule has 20 atom stereocenters. The van der Waals surface area contributed by atoms with Crippen molar-refractivity contribution < 1.29 is 124 Å². The van der Waals surface area contributed by atoms with Gasteiger partial charge in [-0.1, -0.05) is 294 Å². The zero-order valence-corrected chi connectivity index (χ0v) is 74.4. The summed E-state index contributed by atoms with van der Waals surface area (Å²) < 4.78 is 139. The molecule has 4 saturated heterocycles. The standard InChI is InChI=1S/C104H117NO26/c1-6-7-8-9-10-37-56-113-102-96(120-63-79-50-31-17-32-51-79)93(118-61-77-46-27-15-28-47-77)89(116-59-75-42-23-13-24-43-75)85(128-102)68-123-103-97(121-64-80-52-33-18-34-53-80)94(119-62-78-48-29-16-30-49-78)88(115-58-74-40-21-12-22-41-74)84(129-103)67-122-101-87(105-99(110)81-54-35-36-55-82(81)100(105)111)92(117-60-76-44-25-14-26-45-76)90(83(127-101)65-112-57-73-38-19-11-20-39-73)131-104-98(126-72(5)109)95(125-71(4)108)91(124-70(3)107)86(130-104)66-114-69(2)106/h11-36,38-55,83-98,101-104H,6-10,37,56-68H2,1-5H3/t83-,84-,85-,86-,87-,88-,89-,90-,91+,92-,93+,94+,95+,96+,97+,98-,101-,102-,103+,104+/m1/s1. The molecule has 131 heavy (non-hydrogen) atoms. The first kappa shape index (κ1) is 96.4. The fraction of sp³-hybridized carbons (Fsp3) is 0.423. The van der Waals surface area contributed by atoms with Crippen LogP contribution in [0.25, 0.3) is 0 Å². The van der Waals surface area contributed by atoms with E-state index < -0.39 is 172 Å². The maximum atomic E-state index is 15.9. The lowest BCUT2D eigenvalue weighted by Gasteiger charge is -2.51. The van der Waals surface area contributed by atoms with Crippen molar-refractivity contribution in [1.29, 1.82) is 0 Å². The fourth-order valence-electron chi connectivity index (χ4n) is 16.8. The number of benzene rings is 9. The topological polar surface area (TPSA) is 290 Å². The van der Waals surface area contributed by atoms with Gasteiger partial charge in [0.05, 0.1) is 83.8 Å². The van der Waals surface area contributed by atoms with Crippen LogP contribution in [0.4, 0.5) is 0 Å². The first-order valence-electron chi connectivity index (χ1n) is 45.0. The van der Waals surface area contributed by atoms with E-state index in [1.807, 2.05) is 243 Å². The molecular weight excluding hydrogens is 1680 g/mol. The van der Waals surface area contributed by atoms with Crippen molar-refractivity contribution in [2.75, 3.05) is 33.0 Å². The normalized spacial score (nSPS) is 25.9. The van der Waals surface area contributed by atoms with Crippen LogP contribution in [0.3, 0.4) is 0 Å². The van der Waals surface area contributed by atoms with Crippen molar-refractivity contribution in [3.05, 3.63) is 323 Å². The second kappa shape index (κ2) is 49.7. The van der Waals surface area contributed by atoms with E-state index in [-0.39, 0.29) is 77.2 Å². The number of unbranched alkanes of at least 4 members (excludes halogenated alkanes) is 5. The highest BCUT2D eigenvalue weighted by Crippen LogP contribution is 2.42. The van der Waals surface area contributed by atoms with Crippen molar-refractivity contribution >= 4 is 35.7 Å². The van der Waals surface area contributed by atoms with Gasteiger partial charge in [0.2, 0.25) is 0 Å². The predicted octanol–water partition coefficient (Wildman–Crippen LogP) is 15.0. The number of hydrogen-bond donors (Lipinski definition) is 0. The number of ether oxygens (including phenoxy) is 20. The van der Waals surface area contributed by atoms with E-state index in [4.69, 9.17) is 94.7 Å². The summed E-state index contributed by atoms with van der Waals surface area (Å²) in [6, 6.07) is 81.6. The van der Waals surface area contributed by atoms with Crippen molar-refractivity contribution in [2.24, 2.45) is 0 Å². The predicted molar refractivity (Wildman–Crippen MR) is 476 cm³/mol. The molecule has 0 unspecified atom stereocenters. The van der Waals surface area contributed by atoms with E-state index in [0.29, 0.717) is 12.2 Å². The summed E-state index contributed by atoms with van der Waals surface area (Å²) in [6.07, 6.45) is -19.8. The lowest BCUT2D eigenvalue weighted by atomic mass is 9.93. The van der Waals surface area contributed by atoms with Crippen LogP contribution in [-0.4, -0.2) is 196 Å². The van der Waals surface area contributed by atoms with E-state index >= 15 is 9.59 Å². The number of carbonyl (C=O) groups is 6. The first-order chi connectivity index (χ1) is 64.1. The minimum atomic E-state index is -1.89. The molecule has 0 N–H and O–H groups in total. The molecule has 0 saturated carbocycles. The molecule has 9 aromatic rings. The number of hydrogen-bond acceptors (Lipinski definition) is 26. The molecule has 0 aliphatic carbocycles. The van der Waals surface area contributed by atoms with Crippen LogP contribution in [-0.2, 0) is 167 Å². The first-order valence-corrected chi connectivity index (χ1v) is 45.0. The van der Waals surface area contributed by atoms with Crippen LogP contribution in [0, 0.1) is 0 Å². The van der Waals surface area contributed by atoms with Crippen molar-refractivity contribution in [2.45, 2.75) is 249 Å². The summed E-state index contributed by atoms with van der Waals surface area (Å²) in [7, 11) is 0. The molecule has 5 heterocycles. The molecule has 0 radical (unpaired) electrons. The molecule has 9 aromatic carbocycles. The average Bonchev–Trinajstić information content (AvgIpc) is 1.64. The van der Waals surface area contributed by atoms with E-state index in [1.54, 1.807) is 12.1 Å². The molecule has 14 rings (SSSR count). The maximum Gasteiger partial charge on any atom is 0.303 e. The second-order valence-corrected chi connectivity index (χ2v) is 32.9. The third-order valence-electron chi connectivity index (χ3n) is 23.2. The highest BCUT2D eigenvalue weighted by Gasteiger charge is 2.61. The zero-order valence-electron chi connectivity index (χ0n) is 74.4. The van der Waals surface area contributed by atoms with Gasteiger partial charge in [-0.15, -0.1) is 0 Å². The third kappa shape index (κ3) is 27.3. The van der Waals surface area contributed by atoms with Gasteiger partial charge in [-0.2, -0.15) is 0 Å². The highest BCUT2D eigenvalue weighted by atomic mass is 16.8. The van der Waals surface area contributed by atoms with Gasteiger partial charge >= 0.3 is 23.9 Å². The Kier molecular flexibility index (Phi) is 36.6. The molecule has 5 aliphatic rings. The van der Waals surface area contributed by atoms with Crippen molar-refractivity contribution in [3.8, 4) is 0 Å². The number of carbonyl (C=O) groups excluding carboxylic acids is 6. The van der Waals surface area contributed by atoms with Crippen molar-refractivity contribution in [1.82, 2.24) is 4.90 Å². The summed E-state index contributed by atoms with van der Waals surface area (Å²) in [5, 5.41) is 0. The Hall–Kier alpha value is -10.6. The molecular formula is C104H117NO26. The van der Waals surface area contributed by atoms with Crippen LogP contribution < -0.4 is 0 Å². The van der Waals surface area contributed by atoms with Gasteiger partial charge in [0, 0.05) is 34.3 Å². The molecule has 2 amide bonds. The summed E-state index contributed by atoms with van der Waals surface area (Å²) in [5.74, 6) is -4.97. The minimum absolute atomic E-state index is 0.00602. The Labute approximate surface area is 764 Å². The molecule has 0 spiro atoms. The van der Waals surface area contributed by atoms with Crippen LogP contribution in [0.1, 0.15) is 138 Å². The quantitative estimate of drug-likeness (QED) is 0.0148. The Balaban J connectivity index is 0.897. The van der Waals surface area contributed by atoms with Gasteiger partial charge in [-0.25, -0.2) is 0 Å². The van der Waals surface area contributed by atoms with Crippen LogP contribution in [0.5, 0.6) is 0 Å². The fourth-order valence-corrected chi connectivity index (χ4v) is 16.8. The summed E-state index contributed by atoms with van der Waals surface area (Å²) in [5.41, 5.74) is 6.57. The molecule has 4 fully saturated rings. The molecule has 27 nitrogen and oxygen atoms in total. The van der Waals surface area contributed by atoms with Gasteiger partial charge < -0.3 is 94.7 Å². The Morgan fingerprint density at radius 1 is 0.275 bits per heavy atom. The second-order valence-electron chi connectivity index (χ2n) is 32.9. The number of nitrogens with zero attached hydrogens (tertiary/aromatic N) is 1. The third-order valence-corrected chi connectivity index (χ3v) is 23.2. The largest absolute Gasteiger partial charge is 0.463 e. The zero-order chi connectivity index (χ0) is 91.1. The lowest BCUT2D eigenvalue weighted by molar-refractivity contribution is -0.367. The molecule has 5 aliphatic heterocycles. The highest BCUT2D eigenvalue weighted by molar-refractivity contribution is 6.21. The van der Waals surface area contributed by atoms with E-state index in [1.165, 1.54) is 12.1 Å². The Morgan fingerprint density at radius 2 is 0.588 bits per heavy atom. The summed E-state index contributed by atoms with van der Waals surface area (Å²) in [4.78, 5) is 85.7. The molecule has 0 bridgehead atoms. The van der Waals surface area contributed by atoms with Gasteiger partial charge in [0.25, 0.3) is 11.8 Å². The molecule has 0 aromatic heterocycles. The summed E-state index contributed by atoms with van der Waals surface area (Å²) >= 11 is 0. The smallest absolute Gasteiger partial charge is 0.303 e. The number of rotatable bonds is 47. The van der Waals surface area contributed by atoms with E-state index in [2.05, 4.69) is 6.92 Å². The molecule has 27 heteroatoms. The van der Waals surface area contributed by atoms with Gasteiger partial charge in [-0.05, 0) is 63.1 Å².